The number of ether oxygens (including phenoxy) is 3. The van der Waals surface area contributed by atoms with E-state index >= 15 is 0 Å². The number of hydrogen-bond acceptors (Lipinski definition) is 6. The van der Waals surface area contributed by atoms with Gasteiger partial charge in [-0.25, -0.2) is 14.6 Å². The first kappa shape index (κ1) is 23.8. The predicted octanol–water partition coefficient (Wildman–Crippen LogP) is 4.08. The summed E-state index contributed by atoms with van der Waals surface area (Å²) >= 11 is 0. The minimum Gasteiger partial charge on any atom is -0.497 e. The fourth-order valence-electron chi connectivity index (χ4n) is 3.85. The van der Waals surface area contributed by atoms with E-state index in [1.807, 2.05) is 54.6 Å². The average Bonchev–Trinajstić information content (AvgIpc) is 2.91. The van der Waals surface area contributed by atoms with E-state index in [2.05, 4.69) is 15.6 Å². The van der Waals surface area contributed by atoms with E-state index in [1.54, 1.807) is 25.4 Å². The smallest absolute Gasteiger partial charge is 0.338 e. The quantitative estimate of drug-likeness (QED) is 0.455. The van der Waals surface area contributed by atoms with E-state index in [9.17, 15) is 9.59 Å². The molecule has 8 nitrogen and oxygen atoms in total. The minimum absolute atomic E-state index is 0.121. The van der Waals surface area contributed by atoms with Crippen LogP contribution in [0.5, 0.6) is 11.6 Å². The summed E-state index contributed by atoms with van der Waals surface area (Å²) < 4.78 is 16.0. The van der Waals surface area contributed by atoms with Crippen LogP contribution in [0.3, 0.4) is 0 Å². The summed E-state index contributed by atoms with van der Waals surface area (Å²) in [5, 5.41) is 5.66. The molecule has 0 bridgehead atoms. The van der Waals surface area contributed by atoms with Crippen LogP contribution in [0.1, 0.15) is 29.2 Å². The Balaban J connectivity index is 1.63. The Morgan fingerprint density at radius 1 is 0.914 bits per heavy atom. The number of urea groups is 1. The van der Waals surface area contributed by atoms with Gasteiger partial charge in [0.25, 0.3) is 0 Å². The molecule has 0 saturated heterocycles. The van der Waals surface area contributed by atoms with Gasteiger partial charge in [0, 0.05) is 18.0 Å². The molecule has 4 rings (SSSR count). The summed E-state index contributed by atoms with van der Waals surface area (Å²) in [4.78, 5) is 30.1. The van der Waals surface area contributed by atoms with Gasteiger partial charge in [-0.2, -0.15) is 0 Å². The first-order valence-corrected chi connectivity index (χ1v) is 11.2. The normalized spacial score (nSPS) is 15.1. The van der Waals surface area contributed by atoms with Crippen molar-refractivity contribution in [1.82, 2.24) is 15.6 Å². The van der Waals surface area contributed by atoms with Crippen molar-refractivity contribution < 1.29 is 23.8 Å². The fourth-order valence-corrected chi connectivity index (χ4v) is 3.85. The molecule has 0 saturated carbocycles. The standard InChI is InChI=1S/C27H27N3O5/c1-33-21-12-8-18(9-13-21)10-14-22-24(26(31)35-17-19-6-4-3-5-7-19)25(30-27(32)29-22)20-11-15-23(34-2)28-16-20/h3-9,11-13,15-16,25H,10,14,17H2,1-2H3,(H2,29,30,32). The molecular formula is C27H27N3O5. The van der Waals surface area contributed by atoms with Gasteiger partial charge in [-0.1, -0.05) is 42.5 Å². The van der Waals surface area contributed by atoms with E-state index in [4.69, 9.17) is 14.2 Å². The molecule has 2 heterocycles. The number of benzene rings is 2. The van der Waals surface area contributed by atoms with Gasteiger partial charge in [-0.3, -0.25) is 0 Å². The van der Waals surface area contributed by atoms with Crippen LogP contribution >= 0.6 is 0 Å². The Morgan fingerprint density at radius 2 is 1.69 bits per heavy atom. The van der Waals surface area contributed by atoms with E-state index < -0.39 is 18.0 Å². The van der Waals surface area contributed by atoms with Crippen molar-refractivity contribution in [2.45, 2.75) is 25.5 Å². The van der Waals surface area contributed by atoms with Crippen molar-refractivity contribution in [1.29, 1.82) is 0 Å². The Morgan fingerprint density at radius 3 is 2.34 bits per heavy atom. The number of amides is 2. The van der Waals surface area contributed by atoms with Gasteiger partial charge in [0.05, 0.1) is 25.8 Å². The van der Waals surface area contributed by atoms with E-state index in [-0.39, 0.29) is 6.61 Å². The van der Waals surface area contributed by atoms with Crippen molar-refractivity contribution in [3.63, 3.8) is 0 Å². The topological polar surface area (TPSA) is 98.8 Å². The zero-order valence-electron chi connectivity index (χ0n) is 19.6. The molecule has 1 aliphatic rings. The van der Waals surface area contributed by atoms with Crippen LogP contribution in [0.4, 0.5) is 4.79 Å². The van der Waals surface area contributed by atoms with Gasteiger partial charge in [-0.15, -0.1) is 0 Å². The number of hydrogen-bond donors (Lipinski definition) is 2. The Labute approximate surface area is 203 Å². The van der Waals surface area contributed by atoms with E-state index in [1.165, 1.54) is 7.11 Å². The summed E-state index contributed by atoms with van der Waals surface area (Å²) in [5.74, 6) is 0.693. The number of aryl methyl sites for hydroxylation is 1. The number of pyridine rings is 1. The number of rotatable bonds is 9. The molecule has 180 valence electrons. The van der Waals surface area contributed by atoms with Crippen molar-refractivity contribution in [2.75, 3.05) is 14.2 Å². The van der Waals surface area contributed by atoms with Gasteiger partial charge in [0.15, 0.2) is 0 Å². The number of carbonyl (C=O) groups excluding carboxylic acids is 2. The second kappa shape index (κ2) is 11.2. The predicted molar refractivity (Wildman–Crippen MR) is 130 cm³/mol. The highest BCUT2D eigenvalue weighted by Gasteiger charge is 2.34. The highest BCUT2D eigenvalue weighted by molar-refractivity contribution is 5.95. The third-order valence-electron chi connectivity index (χ3n) is 5.71. The zero-order chi connectivity index (χ0) is 24.6. The average molecular weight is 474 g/mol. The van der Waals surface area contributed by atoms with Gasteiger partial charge >= 0.3 is 12.0 Å². The van der Waals surface area contributed by atoms with Gasteiger partial charge in [0.1, 0.15) is 12.4 Å². The number of nitrogens with zero attached hydrogens (tertiary/aromatic N) is 1. The second-order valence-corrected chi connectivity index (χ2v) is 7.97. The lowest BCUT2D eigenvalue weighted by molar-refractivity contribution is -0.140. The van der Waals surface area contributed by atoms with Gasteiger partial charge < -0.3 is 24.8 Å². The lowest BCUT2D eigenvalue weighted by Gasteiger charge is -2.29. The van der Waals surface area contributed by atoms with Gasteiger partial charge in [0.2, 0.25) is 5.88 Å². The third-order valence-corrected chi connectivity index (χ3v) is 5.71. The van der Waals surface area contributed by atoms with Crippen molar-refractivity contribution in [3.8, 4) is 11.6 Å². The largest absolute Gasteiger partial charge is 0.497 e. The third kappa shape index (κ3) is 5.97. The summed E-state index contributed by atoms with van der Waals surface area (Å²) in [6.45, 7) is 0.121. The van der Waals surface area contributed by atoms with Crippen LogP contribution in [0.25, 0.3) is 0 Å². The van der Waals surface area contributed by atoms with Crippen LogP contribution in [0, 0.1) is 0 Å². The summed E-state index contributed by atoms with van der Waals surface area (Å²) in [5.41, 5.74) is 3.43. The summed E-state index contributed by atoms with van der Waals surface area (Å²) in [6, 6.07) is 19.5. The Kier molecular flexibility index (Phi) is 7.62. The number of carbonyl (C=O) groups is 2. The summed E-state index contributed by atoms with van der Waals surface area (Å²) in [6.07, 6.45) is 2.64. The highest BCUT2D eigenvalue weighted by Crippen LogP contribution is 2.30. The van der Waals surface area contributed by atoms with Crippen LogP contribution in [-0.4, -0.2) is 31.2 Å². The highest BCUT2D eigenvalue weighted by atomic mass is 16.5. The van der Waals surface area contributed by atoms with Crippen LogP contribution in [-0.2, 0) is 22.6 Å². The number of aromatic nitrogens is 1. The fraction of sp³-hybridized carbons (Fsp3) is 0.222. The molecular weight excluding hydrogens is 446 g/mol. The van der Waals surface area contributed by atoms with Crippen LogP contribution < -0.4 is 20.1 Å². The molecule has 1 unspecified atom stereocenters. The second-order valence-electron chi connectivity index (χ2n) is 7.97. The maximum atomic E-state index is 13.4. The molecule has 3 aromatic rings. The van der Waals surface area contributed by atoms with E-state index in [0.717, 1.165) is 16.9 Å². The molecule has 0 spiro atoms. The lowest BCUT2D eigenvalue weighted by atomic mass is 9.94. The number of esters is 1. The molecule has 2 amide bonds. The van der Waals surface area contributed by atoms with Crippen molar-refractivity contribution in [3.05, 3.63) is 101 Å². The molecule has 1 aliphatic heterocycles. The Bertz CT molecular complexity index is 1190. The molecule has 0 fully saturated rings. The maximum absolute atomic E-state index is 13.4. The first-order chi connectivity index (χ1) is 17.1. The lowest BCUT2D eigenvalue weighted by Crippen LogP contribution is -2.46. The molecule has 35 heavy (non-hydrogen) atoms. The molecule has 0 radical (unpaired) electrons. The molecule has 1 atom stereocenters. The summed E-state index contributed by atoms with van der Waals surface area (Å²) in [7, 11) is 3.14. The van der Waals surface area contributed by atoms with Crippen LogP contribution in [0.15, 0.2) is 84.2 Å². The zero-order valence-corrected chi connectivity index (χ0v) is 19.6. The van der Waals surface area contributed by atoms with E-state index in [0.29, 0.717) is 35.6 Å². The minimum atomic E-state index is -0.712. The Hall–Kier alpha value is -4.33. The molecule has 2 N–H and O–H groups in total. The molecule has 0 aliphatic carbocycles. The van der Waals surface area contributed by atoms with Crippen molar-refractivity contribution in [2.24, 2.45) is 0 Å². The molecule has 2 aromatic carbocycles. The van der Waals surface area contributed by atoms with Gasteiger partial charge in [-0.05, 0) is 47.7 Å². The van der Waals surface area contributed by atoms with Crippen molar-refractivity contribution >= 4 is 12.0 Å². The number of nitrogens with one attached hydrogen (secondary N) is 2. The first-order valence-electron chi connectivity index (χ1n) is 11.2. The SMILES string of the molecule is COc1ccc(CCC2=C(C(=O)OCc3ccccc3)C(c3ccc(OC)nc3)NC(=O)N2)cc1. The van der Waals surface area contributed by atoms with Crippen LogP contribution in [0.2, 0.25) is 0 Å². The molecule has 1 aromatic heterocycles. The number of methoxy groups -OCH3 is 2. The monoisotopic (exact) mass is 473 g/mol. The maximum Gasteiger partial charge on any atom is 0.338 e. The molecule has 8 heteroatoms. The number of allylic oxidation sites excluding steroid dienone is 1.